The van der Waals surface area contributed by atoms with Crippen LogP contribution in [0.4, 0.5) is 4.39 Å². The minimum atomic E-state index is -0.365. The van der Waals surface area contributed by atoms with Crippen molar-refractivity contribution < 1.29 is 18.7 Å². The lowest BCUT2D eigenvalue weighted by atomic mass is 10.2. The molecule has 2 aromatic rings. The highest BCUT2D eigenvalue weighted by molar-refractivity contribution is 5.95. The third kappa shape index (κ3) is 3.22. The molecule has 1 aliphatic rings. The second-order valence-corrected chi connectivity index (χ2v) is 4.61. The first-order valence-electron chi connectivity index (χ1n) is 6.71. The molecule has 1 aliphatic heterocycles. The van der Waals surface area contributed by atoms with Crippen molar-refractivity contribution in [1.29, 1.82) is 0 Å². The second-order valence-electron chi connectivity index (χ2n) is 4.61. The van der Waals surface area contributed by atoms with Crippen molar-refractivity contribution in [1.82, 2.24) is 5.43 Å². The molecule has 2 aromatic carbocycles. The van der Waals surface area contributed by atoms with Gasteiger partial charge in [-0.15, -0.1) is 0 Å². The molecule has 112 valence electrons. The molecule has 6 heteroatoms. The summed E-state index contributed by atoms with van der Waals surface area (Å²) < 4.78 is 23.6. The van der Waals surface area contributed by atoms with Gasteiger partial charge in [0, 0.05) is 5.56 Å². The molecule has 0 atom stereocenters. The topological polar surface area (TPSA) is 59.9 Å². The molecule has 0 spiro atoms. The molecule has 0 saturated heterocycles. The molecule has 1 N–H and O–H groups in total. The maximum absolute atomic E-state index is 12.8. The Kier molecular flexibility index (Phi) is 4.00. The number of nitrogens with zero attached hydrogens (tertiary/aromatic N) is 1. The first-order valence-corrected chi connectivity index (χ1v) is 6.71. The van der Waals surface area contributed by atoms with Crippen molar-refractivity contribution in [3.05, 3.63) is 59.4 Å². The van der Waals surface area contributed by atoms with E-state index in [0.717, 1.165) is 0 Å². The predicted octanol–water partition coefficient (Wildman–Crippen LogP) is 2.36. The summed E-state index contributed by atoms with van der Waals surface area (Å²) in [7, 11) is 0. The molecule has 1 amide bonds. The predicted molar refractivity (Wildman–Crippen MR) is 78.9 cm³/mol. The van der Waals surface area contributed by atoms with Gasteiger partial charge in [0.1, 0.15) is 19.0 Å². The molecule has 0 unspecified atom stereocenters. The Morgan fingerprint density at radius 2 is 1.82 bits per heavy atom. The Hall–Kier alpha value is -2.89. The van der Waals surface area contributed by atoms with Crippen LogP contribution in [0.5, 0.6) is 11.5 Å². The number of fused-ring (bicyclic) bond motifs is 1. The van der Waals surface area contributed by atoms with Crippen molar-refractivity contribution in [2.24, 2.45) is 5.10 Å². The van der Waals surface area contributed by atoms with Gasteiger partial charge in [0.25, 0.3) is 5.91 Å². The zero-order valence-corrected chi connectivity index (χ0v) is 11.6. The number of hydrogen-bond acceptors (Lipinski definition) is 4. The molecule has 0 bridgehead atoms. The number of nitrogens with one attached hydrogen (secondary N) is 1. The van der Waals surface area contributed by atoms with E-state index in [4.69, 9.17) is 9.47 Å². The van der Waals surface area contributed by atoms with E-state index >= 15 is 0 Å². The van der Waals surface area contributed by atoms with Gasteiger partial charge in [0.05, 0.1) is 6.21 Å². The van der Waals surface area contributed by atoms with Gasteiger partial charge < -0.3 is 9.47 Å². The first kappa shape index (κ1) is 14.1. The lowest BCUT2D eigenvalue weighted by molar-refractivity contribution is 0.0954. The van der Waals surface area contributed by atoms with Crippen LogP contribution in [0.15, 0.2) is 47.6 Å². The number of amides is 1. The first-order chi connectivity index (χ1) is 10.7. The van der Waals surface area contributed by atoms with E-state index in [0.29, 0.717) is 35.8 Å². The average Bonchev–Trinajstić information content (AvgIpc) is 2.56. The minimum absolute atomic E-state index is 0.322. The fraction of sp³-hybridized carbons (Fsp3) is 0.125. The highest BCUT2D eigenvalue weighted by atomic mass is 19.1. The smallest absolute Gasteiger partial charge is 0.271 e. The monoisotopic (exact) mass is 300 g/mol. The Bertz CT molecular complexity index is 714. The van der Waals surface area contributed by atoms with Gasteiger partial charge in [-0.05, 0) is 35.9 Å². The number of carbonyl (C=O) groups excluding carboxylic acids is 1. The molecule has 5 nitrogen and oxygen atoms in total. The molecule has 22 heavy (non-hydrogen) atoms. The summed E-state index contributed by atoms with van der Waals surface area (Å²) >= 11 is 0. The highest BCUT2D eigenvalue weighted by Gasteiger charge is 2.14. The SMILES string of the molecule is O=C(N/N=C\c1ccc(F)cc1)c1ccc2c(c1)OCCO2. The van der Waals surface area contributed by atoms with Gasteiger partial charge in [-0.3, -0.25) is 4.79 Å². The number of ether oxygens (including phenoxy) is 2. The van der Waals surface area contributed by atoms with E-state index < -0.39 is 0 Å². The quantitative estimate of drug-likeness (QED) is 0.699. The molecule has 1 heterocycles. The van der Waals surface area contributed by atoms with Crippen molar-refractivity contribution in [2.75, 3.05) is 13.2 Å². The van der Waals surface area contributed by atoms with Crippen LogP contribution in [-0.2, 0) is 0 Å². The maximum atomic E-state index is 12.8. The van der Waals surface area contributed by atoms with Crippen LogP contribution in [0.1, 0.15) is 15.9 Å². The third-order valence-electron chi connectivity index (χ3n) is 3.05. The zero-order chi connectivity index (χ0) is 15.4. The molecule has 0 saturated carbocycles. The number of halogens is 1. The average molecular weight is 300 g/mol. The summed E-state index contributed by atoms with van der Waals surface area (Å²) in [5.41, 5.74) is 3.51. The van der Waals surface area contributed by atoms with Crippen molar-refractivity contribution in [2.45, 2.75) is 0 Å². The standard InChI is InChI=1S/C16H13FN2O3/c17-13-4-1-11(2-5-13)10-18-19-16(20)12-3-6-14-15(9-12)22-8-7-21-14/h1-6,9-10H,7-8H2,(H,19,20)/b18-10-. The largest absolute Gasteiger partial charge is 0.486 e. The molecule has 0 aliphatic carbocycles. The maximum Gasteiger partial charge on any atom is 0.271 e. The Balaban J connectivity index is 1.65. The fourth-order valence-corrected chi connectivity index (χ4v) is 1.96. The lowest BCUT2D eigenvalue weighted by Crippen LogP contribution is -2.19. The van der Waals surface area contributed by atoms with Gasteiger partial charge in [-0.2, -0.15) is 5.10 Å². The minimum Gasteiger partial charge on any atom is -0.486 e. The molecule has 0 fully saturated rings. The molecule has 0 radical (unpaired) electrons. The zero-order valence-electron chi connectivity index (χ0n) is 11.6. The van der Waals surface area contributed by atoms with E-state index in [1.165, 1.54) is 18.3 Å². The van der Waals surface area contributed by atoms with Gasteiger partial charge in [0.15, 0.2) is 11.5 Å². The normalized spacial score (nSPS) is 13.1. The van der Waals surface area contributed by atoms with Crippen LogP contribution in [0, 0.1) is 5.82 Å². The van der Waals surface area contributed by atoms with Crippen LogP contribution in [0.25, 0.3) is 0 Å². The van der Waals surface area contributed by atoms with E-state index in [2.05, 4.69) is 10.5 Å². The highest BCUT2D eigenvalue weighted by Crippen LogP contribution is 2.30. The van der Waals surface area contributed by atoms with Crippen LogP contribution in [-0.4, -0.2) is 25.3 Å². The number of hydrazone groups is 1. The number of rotatable bonds is 3. The van der Waals surface area contributed by atoms with Gasteiger partial charge in [-0.1, -0.05) is 12.1 Å². The summed E-state index contributed by atoms with van der Waals surface area (Å²) in [5, 5.41) is 3.84. The van der Waals surface area contributed by atoms with Gasteiger partial charge >= 0.3 is 0 Å². The summed E-state index contributed by atoms with van der Waals surface area (Å²) in [6, 6.07) is 10.7. The number of hydrogen-bond donors (Lipinski definition) is 1. The summed E-state index contributed by atoms with van der Waals surface area (Å²) in [6.07, 6.45) is 1.44. The summed E-state index contributed by atoms with van der Waals surface area (Å²) in [4.78, 5) is 12.0. The second kappa shape index (κ2) is 6.26. The van der Waals surface area contributed by atoms with E-state index in [1.54, 1.807) is 30.3 Å². The Morgan fingerprint density at radius 3 is 2.59 bits per heavy atom. The number of benzene rings is 2. The van der Waals surface area contributed by atoms with Crippen molar-refractivity contribution in [3.63, 3.8) is 0 Å². The molecular weight excluding hydrogens is 287 g/mol. The van der Waals surface area contributed by atoms with E-state index in [9.17, 15) is 9.18 Å². The Morgan fingerprint density at radius 1 is 1.09 bits per heavy atom. The van der Waals surface area contributed by atoms with Crippen LogP contribution in [0.2, 0.25) is 0 Å². The van der Waals surface area contributed by atoms with Crippen LogP contribution >= 0.6 is 0 Å². The van der Waals surface area contributed by atoms with Crippen molar-refractivity contribution >= 4 is 12.1 Å². The summed E-state index contributed by atoms with van der Waals surface area (Å²) in [5.74, 6) is 0.479. The van der Waals surface area contributed by atoms with Gasteiger partial charge in [0.2, 0.25) is 0 Å². The fourth-order valence-electron chi connectivity index (χ4n) is 1.96. The van der Waals surface area contributed by atoms with E-state index in [-0.39, 0.29) is 11.7 Å². The van der Waals surface area contributed by atoms with E-state index in [1.807, 2.05) is 0 Å². The lowest BCUT2D eigenvalue weighted by Gasteiger charge is -2.18. The van der Waals surface area contributed by atoms with Gasteiger partial charge in [-0.25, -0.2) is 9.82 Å². The molecule has 0 aromatic heterocycles. The third-order valence-corrected chi connectivity index (χ3v) is 3.05. The van der Waals surface area contributed by atoms with Crippen LogP contribution < -0.4 is 14.9 Å². The Labute approximate surface area is 126 Å². The molecule has 3 rings (SSSR count). The molecular formula is C16H13FN2O3. The number of carbonyl (C=O) groups is 1. The summed E-state index contributed by atoms with van der Waals surface area (Å²) in [6.45, 7) is 0.960. The van der Waals surface area contributed by atoms with Crippen LogP contribution in [0.3, 0.4) is 0 Å². The van der Waals surface area contributed by atoms with Crippen molar-refractivity contribution in [3.8, 4) is 11.5 Å².